The number of carbonyl (C=O) groups excluding carboxylic acids is 1. The second-order valence-corrected chi connectivity index (χ2v) is 7.20. The number of halogens is 2. The van der Waals surface area contributed by atoms with Crippen molar-refractivity contribution in [3.63, 3.8) is 0 Å². The number of fused-ring (bicyclic) bond motifs is 1. The van der Waals surface area contributed by atoms with Crippen LogP contribution in [0, 0.1) is 18.8 Å². The van der Waals surface area contributed by atoms with Gasteiger partial charge in [-0.1, -0.05) is 18.2 Å². The molecule has 0 spiro atoms. The molecule has 0 aliphatic carbocycles. The largest absolute Gasteiger partial charge is 0.441 e. The summed E-state index contributed by atoms with van der Waals surface area (Å²) in [5.41, 5.74) is 1.70. The van der Waals surface area contributed by atoms with Gasteiger partial charge < -0.3 is 14.6 Å². The van der Waals surface area contributed by atoms with Crippen LogP contribution in [0.4, 0.5) is 0 Å². The lowest BCUT2D eigenvalue weighted by Crippen LogP contribution is -2.34. The molecule has 5 nitrogen and oxygen atoms in total. The number of amides is 1. The molecule has 0 unspecified atom stereocenters. The summed E-state index contributed by atoms with van der Waals surface area (Å²) in [5, 5.41) is 3.48. The van der Waals surface area contributed by atoms with Gasteiger partial charge in [-0.25, -0.2) is 4.98 Å². The molecule has 148 valence electrons. The lowest BCUT2D eigenvalue weighted by Gasteiger charge is -2.20. The molecule has 1 aromatic carbocycles. The average Bonchev–Trinajstić information content (AvgIpc) is 3.17. The fourth-order valence-electron chi connectivity index (χ4n) is 4.02. The van der Waals surface area contributed by atoms with Gasteiger partial charge in [0.15, 0.2) is 0 Å². The second-order valence-electron chi connectivity index (χ2n) is 7.20. The number of likely N-dealkylation sites (tertiary alicyclic amines) is 1. The third-order valence-electron chi connectivity index (χ3n) is 5.60. The summed E-state index contributed by atoms with van der Waals surface area (Å²) in [5.74, 6) is 2.97. The number of hydrogen-bond acceptors (Lipinski definition) is 4. The number of rotatable bonds is 3. The van der Waals surface area contributed by atoms with Gasteiger partial charge in [0.1, 0.15) is 5.76 Å². The Hall–Kier alpha value is -1.56. The van der Waals surface area contributed by atoms with E-state index in [1.165, 1.54) is 0 Å². The molecule has 2 aliphatic rings. The van der Waals surface area contributed by atoms with Crippen LogP contribution in [0.1, 0.15) is 24.3 Å². The van der Waals surface area contributed by atoms with Gasteiger partial charge in [0.2, 0.25) is 11.8 Å². The van der Waals surface area contributed by atoms with E-state index in [0.717, 1.165) is 67.9 Å². The smallest absolute Gasteiger partial charge is 0.228 e. The van der Waals surface area contributed by atoms with Crippen LogP contribution in [0.15, 0.2) is 34.7 Å². The maximum absolute atomic E-state index is 12.8. The van der Waals surface area contributed by atoms with Crippen LogP contribution in [-0.2, 0) is 11.2 Å². The highest BCUT2D eigenvalue weighted by Crippen LogP contribution is 2.28. The van der Waals surface area contributed by atoms with Gasteiger partial charge in [0.05, 0.1) is 12.1 Å². The zero-order chi connectivity index (χ0) is 17.2. The van der Waals surface area contributed by atoms with Crippen molar-refractivity contribution in [2.45, 2.75) is 26.2 Å². The third-order valence-corrected chi connectivity index (χ3v) is 5.60. The molecule has 2 saturated heterocycles. The number of nitrogens with one attached hydrogen (secondary N) is 1. The number of aryl methyl sites for hydroxylation is 1. The molecule has 3 heterocycles. The highest BCUT2D eigenvalue weighted by molar-refractivity contribution is 5.85. The minimum absolute atomic E-state index is 0. The van der Waals surface area contributed by atoms with Crippen molar-refractivity contribution in [2.75, 3.05) is 26.2 Å². The van der Waals surface area contributed by atoms with Gasteiger partial charge in [-0.05, 0) is 56.8 Å². The van der Waals surface area contributed by atoms with E-state index in [9.17, 15) is 4.79 Å². The van der Waals surface area contributed by atoms with Crippen LogP contribution in [0.5, 0.6) is 0 Å². The van der Waals surface area contributed by atoms with Gasteiger partial charge in [-0.15, -0.1) is 24.8 Å². The first-order valence-electron chi connectivity index (χ1n) is 9.21. The Morgan fingerprint density at radius 1 is 1.15 bits per heavy atom. The number of nitrogens with zero attached hydrogens (tertiary/aromatic N) is 2. The molecular weight excluding hydrogens is 385 g/mol. The van der Waals surface area contributed by atoms with Crippen LogP contribution in [0.25, 0.3) is 11.5 Å². The summed E-state index contributed by atoms with van der Waals surface area (Å²) >= 11 is 0. The SMILES string of the molecule is Cc1oc(-c2ccccc2)nc1CC(=O)N1CC[C@@H]2CNC[C@@H]2CC1.Cl.Cl. The van der Waals surface area contributed by atoms with Gasteiger partial charge in [-0.3, -0.25) is 4.79 Å². The molecule has 2 fully saturated rings. The molecule has 7 heteroatoms. The fourth-order valence-corrected chi connectivity index (χ4v) is 4.02. The average molecular weight is 412 g/mol. The number of benzene rings is 1. The molecule has 4 rings (SSSR count). The lowest BCUT2D eigenvalue weighted by atomic mass is 9.92. The number of hydrogen-bond donors (Lipinski definition) is 1. The molecule has 27 heavy (non-hydrogen) atoms. The number of aromatic nitrogens is 1. The van der Waals surface area contributed by atoms with E-state index in [0.29, 0.717) is 12.3 Å². The molecule has 1 aromatic heterocycles. The molecule has 1 N–H and O–H groups in total. The zero-order valence-corrected chi connectivity index (χ0v) is 17.2. The van der Waals surface area contributed by atoms with Gasteiger partial charge in [0.25, 0.3) is 0 Å². The first-order chi connectivity index (χ1) is 12.2. The molecular formula is C20H27Cl2N3O2. The van der Waals surface area contributed by atoms with Crippen LogP contribution in [0.3, 0.4) is 0 Å². The third kappa shape index (κ3) is 4.84. The monoisotopic (exact) mass is 411 g/mol. The summed E-state index contributed by atoms with van der Waals surface area (Å²) in [6, 6.07) is 9.83. The molecule has 0 bridgehead atoms. The van der Waals surface area contributed by atoms with Gasteiger partial charge >= 0.3 is 0 Å². The fraction of sp³-hybridized carbons (Fsp3) is 0.500. The highest BCUT2D eigenvalue weighted by atomic mass is 35.5. The molecule has 2 aromatic rings. The molecule has 2 aliphatic heterocycles. The Morgan fingerprint density at radius 2 is 1.78 bits per heavy atom. The highest BCUT2D eigenvalue weighted by Gasteiger charge is 2.31. The van der Waals surface area contributed by atoms with Crippen molar-refractivity contribution in [1.29, 1.82) is 0 Å². The van der Waals surface area contributed by atoms with E-state index >= 15 is 0 Å². The summed E-state index contributed by atoms with van der Waals surface area (Å²) in [6.07, 6.45) is 2.54. The maximum atomic E-state index is 12.8. The van der Waals surface area contributed by atoms with E-state index in [4.69, 9.17) is 4.42 Å². The molecule has 0 saturated carbocycles. The van der Waals surface area contributed by atoms with Crippen molar-refractivity contribution >= 4 is 30.7 Å². The first-order valence-corrected chi connectivity index (χ1v) is 9.21. The summed E-state index contributed by atoms with van der Waals surface area (Å²) in [6.45, 7) is 5.83. The minimum Gasteiger partial charge on any atom is -0.441 e. The topological polar surface area (TPSA) is 58.4 Å². The Bertz CT molecular complexity index is 737. The van der Waals surface area contributed by atoms with Crippen LogP contribution >= 0.6 is 24.8 Å². The standard InChI is InChI=1S/C20H25N3O2.2ClH/c1-14-18(22-20(25-14)15-5-3-2-4-6-15)11-19(24)23-9-7-16-12-21-13-17(16)8-10-23;;/h2-6,16-17,21H,7-13H2,1H3;2*1H/t16-,17+;;. The first kappa shape index (κ1) is 21.7. The predicted molar refractivity (Wildman–Crippen MR) is 111 cm³/mol. The Labute approximate surface area is 172 Å². The lowest BCUT2D eigenvalue weighted by molar-refractivity contribution is -0.130. The number of carbonyl (C=O) groups is 1. The van der Waals surface area contributed by atoms with Crippen molar-refractivity contribution < 1.29 is 9.21 Å². The van der Waals surface area contributed by atoms with E-state index < -0.39 is 0 Å². The summed E-state index contributed by atoms with van der Waals surface area (Å²) in [7, 11) is 0. The van der Waals surface area contributed by atoms with E-state index in [-0.39, 0.29) is 30.7 Å². The summed E-state index contributed by atoms with van der Waals surface area (Å²) in [4.78, 5) is 19.4. The number of oxazole rings is 1. The minimum atomic E-state index is 0. The van der Waals surface area contributed by atoms with Crippen molar-refractivity contribution in [3.8, 4) is 11.5 Å². The van der Waals surface area contributed by atoms with Crippen molar-refractivity contribution in [3.05, 3.63) is 41.8 Å². The van der Waals surface area contributed by atoms with E-state index in [2.05, 4.69) is 10.3 Å². The van der Waals surface area contributed by atoms with Gasteiger partial charge in [0, 0.05) is 18.7 Å². The van der Waals surface area contributed by atoms with Crippen LogP contribution in [-0.4, -0.2) is 42.0 Å². The zero-order valence-electron chi connectivity index (χ0n) is 15.5. The van der Waals surface area contributed by atoms with Crippen molar-refractivity contribution in [1.82, 2.24) is 15.2 Å². The Kier molecular flexibility index (Phi) is 7.71. The van der Waals surface area contributed by atoms with E-state index in [1.807, 2.05) is 42.2 Å². The quantitative estimate of drug-likeness (QED) is 0.839. The van der Waals surface area contributed by atoms with Crippen LogP contribution < -0.4 is 5.32 Å². The van der Waals surface area contributed by atoms with E-state index in [1.54, 1.807) is 0 Å². The maximum Gasteiger partial charge on any atom is 0.228 e. The molecule has 1 amide bonds. The molecule has 0 radical (unpaired) electrons. The predicted octanol–water partition coefficient (Wildman–Crippen LogP) is 3.49. The summed E-state index contributed by atoms with van der Waals surface area (Å²) < 4.78 is 5.78. The van der Waals surface area contributed by atoms with Crippen molar-refractivity contribution in [2.24, 2.45) is 11.8 Å². The van der Waals surface area contributed by atoms with Crippen LogP contribution in [0.2, 0.25) is 0 Å². The van der Waals surface area contributed by atoms with Gasteiger partial charge in [-0.2, -0.15) is 0 Å². The second kappa shape index (κ2) is 9.58. The Balaban J connectivity index is 0.00000131. The Morgan fingerprint density at radius 3 is 2.41 bits per heavy atom. The normalized spacial score (nSPS) is 21.6. The molecule has 2 atom stereocenters.